The molecule has 0 aliphatic carbocycles. The topological polar surface area (TPSA) is 90.0 Å². The Kier molecular flexibility index (Phi) is 7.06. The zero-order valence-electron chi connectivity index (χ0n) is 18.2. The number of piperazine rings is 1. The van der Waals surface area contributed by atoms with E-state index in [1.54, 1.807) is 36.4 Å². The molecule has 2 aliphatic heterocycles. The lowest BCUT2D eigenvalue weighted by molar-refractivity contribution is -0.126. The number of anilines is 1. The summed E-state index contributed by atoms with van der Waals surface area (Å²) in [7, 11) is -3.49. The summed E-state index contributed by atoms with van der Waals surface area (Å²) >= 11 is 0. The molecular formula is C23H27FN4O4S. The highest BCUT2D eigenvalue weighted by molar-refractivity contribution is 7.89. The Morgan fingerprint density at radius 2 is 1.76 bits per heavy atom. The molecule has 176 valence electrons. The zero-order valence-corrected chi connectivity index (χ0v) is 19.0. The molecular weight excluding hydrogens is 447 g/mol. The monoisotopic (exact) mass is 474 g/mol. The minimum Gasteiger partial charge on any atom is -0.355 e. The number of sulfonamides is 1. The quantitative estimate of drug-likeness (QED) is 0.654. The van der Waals surface area contributed by atoms with E-state index in [4.69, 9.17) is 0 Å². The molecule has 2 saturated heterocycles. The van der Waals surface area contributed by atoms with Crippen LogP contribution in [0.4, 0.5) is 10.1 Å². The van der Waals surface area contributed by atoms with Crippen LogP contribution in [0.15, 0.2) is 59.5 Å². The van der Waals surface area contributed by atoms with Crippen molar-refractivity contribution < 1.29 is 22.4 Å². The number of amides is 2. The van der Waals surface area contributed by atoms with Gasteiger partial charge >= 0.3 is 0 Å². The van der Waals surface area contributed by atoms with E-state index >= 15 is 0 Å². The van der Waals surface area contributed by atoms with Crippen LogP contribution in [-0.4, -0.2) is 75.3 Å². The molecule has 2 aromatic carbocycles. The molecule has 33 heavy (non-hydrogen) atoms. The van der Waals surface area contributed by atoms with Gasteiger partial charge in [0.2, 0.25) is 21.8 Å². The summed E-state index contributed by atoms with van der Waals surface area (Å²) in [4.78, 5) is 28.7. The minimum atomic E-state index is -3.49. The third kappa shape index (κ3) is 5.40. The molecule has 1 atom stereocenters. The highest BCUT2D eigenvalue weighted by Gasteiger charge is 2.35. The lowest BCUT2D eigenvalue weighted by Gasteiger charge is -2.34. The van der Waals surface area contributed by atoms with Crippen LogP contribution < -0.4 is 10.2 Å². The van der Waals surface area contributed by atoms with Crippen molar-refractivity contribution in [3.05, 3.63) is 60.4 Å². The molecule has 4 rings (SSSR count). The zero-order chi connectivity index (χ0) is 23.4. The first-order valence-electron chi connectivity index (χ1n) is 11.0. The maximum atomic E-state index is 13.5. The molecule has 2 amide bonds. The van der Waals surface area contributed by atoms with Crippen molar-refractivity contribution in [2.24, 2.45) is 5.92 Å². The van der Waals surface area contributed by atoms with Crippen LogP contribution >= 0.6 is 0 Å². The highest BCUT2D eigenvalue weighted by Crippen LogP contribution is 2.25. The second-order valence-electron chi connectivity index (χ2n) is 8.24. The van der Waals surface area contributed by atoms with Gasteiger partial charge in [0.05, 0.1) is 10.8 Å². The molecule has 8 nitrogen and oxygen atoms in total. The Morgan fingerprint density at radius 1 is 1.03 bits per heavy atom. The van der Waals surface area contributed by atoms with E-state index in [1.165, 1.54) is 27.4 Å². The Hall–Kier alpha value is -2.82. The summed E-state index contributed by atoms with van der Waals surface area (Å²) in [5, 5.41) is 2.88. The molecule has 2 heterocycles. The van der Waals surface area contributed by atoms with Gasteiger partial charge in [-0.15, -0.1) is 0 Å². The fourth-order valence-corrected chi connectivity index (χ4v) is 5.64. The van der Waals surface area contributed by atoms with Crippen LogP contribution in [0.2, 0.25) is 0 Å². The predicted octanol–water partition coefficient (Wildman–Crippen LogP) is 1.30. The number of carbonyl (C=O) groups is 2. The largest absolute Gasteiger partial charge is 0.355 e. The van der Waals surface area contributed by atoms with Crippen molar-refractivity contribution in [3.63, 3.8) is 0 Å². The van der Waals surface area contributed by atoms with E-state index in [-0.39, 0.29) is 24.8 Å². The molecule has 2 fully saturated rings. The molecule has 2 aromatic rings. The minimum absolute atomic E-state index is 0.0956. The number of nitrogens with one attached hydrogen (secondary N) is 1. The lowest BCUT2D eigenvalue weighted by atomic mass is 10.1. The van der Waals surface area contributed by atoms with Gasteiger partial charge in [0.1, 0.15) is 5.82 Å². The second-order valence-corrected chi connectivity index (χ2v) is 10.2. The van der Waals surface area contributed by atoms with Gasteiger partial charge in [-0.2, -0.15) is 4.31 Å². The normalized spacial score (nSPS) is 20.2. The number of rotatable bonds is 7. The summed E-state index contributed by atoms with van der Waals surface area (Å²) in [5.74, 6) is -1.30. The standard InChI is InChI=1S/C23H27FN4O4S/c24-19-5-4-6-20(16-19)28-17-18(15-22(28)29)23(30)25-9-10-26-11-13-27(14-12-26)33(31,32)21-7-2-1-3-8-21/h1-8,16,18H,9-15,17H2,(H,25,30). The summed E-state index contributed by atoms with van der Waals surface area (Å²) in [5.41, 5.74) is 0.457. The van der Waals surface area contributed by atoms with E-state index in [9.17, 15) is 22.4 Å². The fourth-order valence-electron chi connectivity index (χ4n) is 4.19. The molecule has 2 aliphatic rings. The van der Waals surface area contributed by atoms with Crippen LogP contribution in [0, 0.1) is 11.7 Å². The van der Waals surface area contributed by atoms with E-state index in [0.717, 1.165) is 0 Å². The maximum absolute atomic E-state index is 13.5. The van der Waals surface area contributed by atoms with Crippen LogP contribution in [-0.2, 0) is 19.6 Å². The summed E-state index contributed by atoms with van der Waals surface area (Å²) in [6.45, 7) is 3.18. The number of hydrogen-bond donors (Lipinski definition) is 1. The molecule has 0 aromatic heterocycles. The number of nitrogens with zero attached hydrogens (tertiary/aromatic N) is 3. The first-order valence-corrected chi connectivity index (χ1v) is 12.4. The maximum Gasteiger partial charge on any atom is 0.243 e. The molecule has 0 radical (unpaired) electrons. The number of benzene rings is 2. The number of carbonyl (C=O) groups excluding carboxylic acids is 2. The molecule has 0 bridgehead atoms. The molecule has 10 heteroatoms. The number of halogens is 1. The van der Waals surface area contributed by atoms with Crippen molar-refractivity contribution in [1.29, 1.82) is 0 Å². The third-order valence-electron chi connectivity index (χ3n) is 6.06. The van der Waals surface area contributed by atoms with Crippen LogP contribution in [0.25, 0.3) is 0 Å². The van der Waals surface area contributed by atoms with Gasteiger partial charge in [-0.1, -0.05) is 24.3 Å². The SMILES string of the molecule is O=C(NCCN1CCN(S(=O)(=O)c2ccccc2)CC1)C1CC(=O)N(c2cccc(F)c2)C1. The van der Waals surface area contributed by atoms with Gasteiger partial charge in [-0.05, 0) is 30.3 Å². The smallest absolute Gasteiger partial charge is 0.243 e. The summed E-state index contributed by atoms with van der Waals surface area (Å²) < 4.78 is 40.4. The first kappa shape index (κ1) is 23.3. The van der Waals surface area contributed by atoms with Crippen molar-refractivity contribution in [3.8, 4) is 0 Å². The highest BCUT2D eigenvalue weighted by atomic mass is 32.2. The van der Waals surface area contributed by atoms with Gasteiger partial charge < -0.3 is 10.2 Å². The predicted molar refractivity (Wildman–Crippen MR) is 122 cm³/mol. The van der Waals surface area contributed by atoms with E-state index < -0.39 is 21.8 Å². The van der Waals surface area contributed by atoms with Crippen LogP contribution in [0.1, 0.15) is 6.42 Å². The van der Waals surface area contributed by atoms with Crippen LogP contribution in [0.3, 0.4) is 0 Å². The Bertz CT molecular complexity index is 1100. The van der Waals surface area contributed by atoms with E-state index in [1.807, 2.05) is 0 Å². The molecule has 1 N–H and O–H groups in total. The van der Waals surface area contributed by atoms with Crippen molar-refractivity contribution in [2.75, 3.05) is 50.7 Å². The molecule has 0 spiro atoms. The third-order valence-corrected chi connectivity index (χ3v) is 7.97. The summed E-state index contributed by atoms with van der Waals surface area (Å²) in [6.07, 6.45) is 0.0956. The van der Waals surface area contributed by atoms with Crippen LogP contribution in [0.5, 0.6) is 0 Å². The van der Waals surface area contributed by atoms with Gasteiger partial charge in [-0.3, -0.25) is 14.5 Å². The lowest BCUT2D eigenvalue weighted by Crippen LogP contribution is -2.50. The van der Waals surface area contributed by atoms with Gasteiger partial charge in [0.15, 0.2) is 0 Å². The number of hydrogen-bond acceptors (Lipinski definition) is 5. The van der Waals surface area contributed by atoms with Gasteiger partial charge in [0.25, 0.3) is 0 Å². The van der Waals surface area contributed by atoms with Gasteiger partial charge in [0, 0.05) is 57.9 Å². The Balaban J connectivity index is 1.21. The van der Waals surface area contributed by atoms with Crippen molar-refractivity contribution in [1.82, 2.24) is 14.5 Å². The molecule has 0 saturated carbocycles. The average molecular weight is 475 g/mol. The second kappa shape index (κ2) is 9.98. The Labute approximate surface area is 193 Å². The van der Waals surface area contributed by atoms with E-state index in [0.29, 0.717) is 49.9 Å². The first-order chi connectivity index (χ1) is 15.8. The Morgan fingerprint density at radius 3 is 2.45 bits per heavy atom. The van der Waals surface area contributed by atoms with Crippen molar-refractivity contribution in [2.45, 2.75) is 11.3 Å². The summed E-state index contributed by atoms with van der Waals surface area (Å²) in [6, 6.07) is 14.2. The average Bonchev–Trinajstić information content (AvgIpc) is 3.22. The van der Waals surface area contributed by atoms with E-state index in [2.05, 4.69) is 10.2 Å². The fraction of sp³-hybridized carbons (Fsp3) is 0.391. The molecule has 1 unspecified atom stereocenters. The van der Waals surface area contributed by atoms with Gasteiger partial charge in [-0.25, -0.2) is 12.8 Å². The van der Waals surface area contributed by atoms with Crippen molar-refractivity contribution >= 4 is 27.5 Å².